The molecule has 0 aromatic heterocycles. The molecular formula is C13H17NO4. The molecule has 5 nitrogen and oxygen atoms in total. The number of nitrogens with one attached hydrogen (secondary N) is 1. The average molecular weight is 251 g/mol. The van der Waals surface area contributed by atoms with Crippen LogP contribution in [0.2, 0.25) is 0 Å². The quantitative estimate of drug-likeness (QED) is 0.744. The van der Waals surface area contributed by atoms with Crippen LogP contribution in [0.3, 0.4) is 0 Å². The maximum absolute atomic E-state index is 12.2. The highest BCUT2D eigenvalue weighted by Crippen LogP contribution is 2.21. The summed E-state index contributed by atoms with van der Waals surface area (Å²) in [7, 11) is 1.50. The number of ether oxygens (including phenoxy) is 1. The number of Topliss-reactive ketones (excluding diaryl/α,β-unsaturated/α-hetero) is 1. The van der Waals surface area contributed by atoms with Crippen molar-refractivity contribution < 1.29 is 19.4 Å². The number of carbonyl (C=O) groups is 2. The summed E-state index contributed by atoms with van der Waals surface area (Å²) >= 11 is 0. The molecule has 0 bridgehead atoms. The van der Waals surface area contributed by atoms with Gasteiger partial charge in [-0.1, -0.05) is 11.6 Å². The Balaban J connectivity index is 2.88. The molecule has 0 aliphatic carbocycles. The van der Waals surface area contributed by atoms with Gasteiger partial charge in [-0.3, -0.25) is 14.9 Å². The fourth-order valence-electron chi connectivity index (χ4n) is 1.58. The number of methoxy groups -OCH3 is 1. The van der Waals surface area contributed by atoms with Crippen molar-refractivity contribution in [3.05, 3.63) is 29.3 Å². The number of carbonyl (C=O) groups excluding carboxylic acids is 1. The number of carboxylic acids is 1. The standard InChI is InChI=1S/C13H17NO4/c1-8-4-5-11(18-3)10(6-8)13(17)9(2)14-7-12(15)16/h4-6,9,14H,7H2,1-3H3,(H,15,16). The zero-order chi connectivity index (χ0) is 13.7. The molecule has 1 aromatic rings. The lowest BCUT2D eigenvalue weighted by Gasteiger charge is -2.14. The van der Waals surface area contributed by atoms with Crippen LogP contribution in [0.1, 0.15) is 22.8 Å². The van der Waals surface area contributed by atoms with Gasteiger partial charge in [0.25, 0.3) is 0 Å². The van der Waals surface area contributed by atoms with Crippen LogP contribution in [0.25, 0.3) is 0 Å². The Morgan fingerprint density at radius 3 is 2.67 bits per heavy atom. The number of hydrogen-bond donors (Lipinski definition) is 2. The van der Waals surface area contributed by atoms with Gasteiger partial charge in [0.05, 0.1) is 25.3 Å². The van der Waals surface area contributed by atoms with E-state index in [1.165, 1.54) is 7.11 Å². The van der Waals surface area contributed by atoms with Crippen LogP contribution in [-0.4, -0.2) is 36.6 Å². The minimum atomic E-state index is -0.995. The van der Waals surface area contributed by atoms with Crippen molar-refractivity contribution in [2.45, 2.75) is 19.9 Å². The van der Waals surface area contributed by atoms with Gasteiger partial charge in [0.1, 0.15) is 5.75 Å². The van der Waals surface area contributed by atoms with E-state index < -0.39 is 12.0 Å². The summed E-state index contributed by atoms with van der Waals surface area (Å²) in [5, 5.41) is 11.2. The van der Waals surface area contributed by atoms with Crippen LogP contribution in [0, 0.1) is 6.92 Å². The van der Waals surface area contributed by atoms with E-state index in [9.17, 15) is 9.59 Å². The summed E-state index contributed by atoms with van der Waals surface area (Å²) in [6.45, 7) is 3.26. The first-order chi connectivity index (χ1) is 8.45. The van der Waals surface area contributed by atoms with E-state index in [1.807, 2.05) is 13.0 Å². The molecule has 2 N–H and O–H groups in total. The lowest BCUT2D eigenvalue weighted by Crippen LogP contribution is -2.37. The smallest absolute Gasteiger partial charge is 0.317 e. The molecule has 1 atom stereocenters. The van der Waals surface area contributed by atoms with Crippen LogP contribution in [0.4, 0.5) is 0 Å². The fourth-order valence-corrected chi connectivity index (χ4v) is 1.58. The Hall–Kier alpha value is -1.88. The predicted octanol–water partition coefficient (Wildman–Crippen LogP) is 1.25. The van der Waals surface area contributed by atoms with E-state index in [4.69, 9.17) is 9.84 Å². The molecule has 0 saturated carbocycles. The minimum Gasteiger partial charge on any atom is -0.496 e. The normalized spacial score (nSPS) is 11.9. The van der Waals surface area contributed by atoms with Gasteiger partial charge in [0, 0.05) is 0 Å². The van der Waals surface area contributed by atoms with Crippen LogP contribution < -0.4 is 10.1 Å². The van der Waals surface area contributed by atoms with E-state index in [1.54, 1.807) is 19.1 Å². The maximum atomic E-state index is 12.2. The highest BCUT2D eigenvalue weighted by Gasteiger charge is 2.19. The Labute approximate surface area is 106 Å². The van der Waals surface area contributed by atoms with Crippen molar-refractivity contribution in [1.29, 1.82) is 0 Å². The SMILES string of the molecule is COc1ccc(C)cc1C(=O)C(C)NCC(=O)O. The third-order valence-corrected chi connectivity index (χ3v) is 2.57. The number of hydrogen-bond acceptors (Lipinski definition) is 4. The number of carboxylic acid groups (broad SMARTS) is 1. The number of aryl methyl sites for hydroxylation is 1. The van der Waals surface area contributed by atoms with Crippen LogP contribution >= 0.6 is 0 Å². The first kappa shape index (κ1) is 14.2. The zero-order valence-corrected chi connectivity index (χ0v) is 10.7. The molecule has 1 unspecified atom stereocenters. The molecule has 98 valence electrons. The van der Waals surface area contributed by atoms with Gasteiger partial charge in [-0.2, -0.15) is 0 Å². The Morgan fingerprint density at radius 2 is 2.11 bits per heavy atom. The van der Waals surface area contributed by atoms with Crippen LogP contribution in [0.5, 0.6) is 5.75 Å². The molecule has 0 aliphatic heterocycles. The second-order valence-electron chi connectivity index (χ2n) is 4.06. The van der Waals surface area contributed by atoms with Crippen molar-refractivity contribution in [2.75, 3.05) is 13.7 Å². The monoisotopic (exact) mass is 251 g/mol. The molecule has 0 amide bonds. The Morgan fingerprint density at radius 1 is 1.44 bits per heavy atom. The highest BCUT2D eigenvalue weighted by atomic mass is 16.5. The third kappa shape index (κ3) is 3.56. The fraction of sp³-hybridized carbons (Fsp3) is 0.385. The van der Waals surface area contributed by atoms with Crippen molar-refractivity contribution in [1.82, 2.24) is 5.32 Å². The summed E-state index contributed by atoms with van der Waals surface area (Å²) in [5.41, 5.74) is 1.41. The van der Waals surface area contributed by atoms with Crippen molar-refractivity contribution in [2.24, 2.45) is 0 Å². The van der Waals surface area contributed by atoms with Gasteiger partial charge in [-0.15, -0.1) is 0 Å². The van der Waals surface area contributed by atoms with E-state index in [0.29, 0.717) is 11.3 Å². The molecule has 0 saturated heterocycles. The summed E-state index contributed by atoms with van der Waals surface area (Å²) in [6.07, 6.45) is 0. The summed E-state index contributed by atoms with van der Waals surface area (Å²) < 4.78 is 5.13. The number of benzene rings is 1. The van der Waals surface area contributed by atoms with E-state index in [0.717, 1.165) is 5.56 Å². The van der Waals surface area contributed by atoms with Gasteiger partial charge >= 0.3 is 5.97 Å². The summed E-state index contributed by atoms with van der Waals surface area (Å²) in [5.74, 6) is -0.683. The number of aliphatic carboxylic acids is 1. The van der Waals surface area contributed by atoms with Gasteiger partial charge in [0.2, 0.25) is 0 Å². The maximum Gasteiger partial charge on any atom is 0.317 e. The summed E-state index contributed by atoms with van der Waals surface area (Å²) in [4.78, 5) is 22.6. The second kappa shape index (κ2) is 6.16. The van der Waals surface area contributed by atoms with E-state index in [-0.39, 0.29) is 12.3 Å². The Kier molecular flexibility index (Phi) is 4.85. The zero-order valence-electron chi connectivity index (χ0n) is 10.7. The van der Waals surface area contributed by atoms with Gasteiger partial charge in [-0.05, 0) is 26.0 Å². The molecule has 0 radical (unpaired) electrons. The molecule has 1 aromatic carbocycles. The molecule has 5 heteroatoms. The molecule has 1 rings (SSSR count). The number of ketones is 1. The van der Waals surface area contributed by atoms with Gasteiger partial charge < -0.3 is 9.84 Å². The highest BCUT2D eigenvalue weighted by molar-refractivity contribution is 6.02. The molecular weight excluding hydrogens is 234 g/mol. The van der Waals surface area contributed by atoms with Crippen molar-refractivity contribution >= 4 is 11.8 Å². The molecule has 0 heterocycles. The van der Waals surface area contributed by atoms with Crippen LogP contribution in [0.15, 0.2) is 18.2 Å². The van der Waals surface area contributed by atoms with E-state index in [2.05, 4.69) is 5.32 Å². The topological polar surface area (TPSA) is 75.6 Å². The lowest BCUT2D eigenvalue weighted by molar-refractivity contribution is -0.136. The van der Waals surface area contributed by atoms with Crippen molar-refractivity contribution in [3.63, 3.8) is 0 Å². The third-order valence-electron chi connectivity index (χ3n) is 2.57. The second-order valence-corrected chi connectivity index (χ2v) is 4.06. The van der Waals surface area contributed by atoms with Crippen molar-refractivity contribution in [3.8, 4) is 5.75 Å². The first-order valence-electron chi connectivity index (χ1n) is 5.59. The molecule has 0 fully saturated rings. The van der Waals surface area contributed by atoms with E-state index >= 15 is 0 Å². The molecule has 0 aliphatic rings. The molecule has 0 spiro atoms. The van der Waals surface area contributed by atoms with Gasteiger partial charge in [0.15, 0.2) is 5.78 Å². The van der Waals surface area contributed by atoms with Crippen LogP contribution in [-0.2, 0) is 4.79 Å². The Bertz CT molecular complexity index is 456. The van der Waals surface area contributed by atoms with Gasteiger partial charge in [-0.25, -0.2) is 0 Å². The predicted molar refractivity (Wildman–Crippen MR) is 67.2 cm³/mol. The summed E-state index contributed by atoms with van der Waals surface area (Å²) in [6, 6.07) is 4.74. The average Bonchev–Trinajstić information content (AvgIpc) is 2.34. The lowest BCUT2D eigenvalue weighted by atomic mass is 10.0. The number of rotatable bonds is 6. The largest absolute Gasteiger partial charge is 0.496 e. The molecule has 18 heavy (non-hydrogen) atoms. The first-order valence-corrected chi connectivity index (χ1v) is 5.59. The minimum absolute atomic E-state index is 0.184.